The van der Waals surface area contributed by atoms with Crippen LogP contribution in [0.5, 0.6) is 0 Å². The maximum Gasteiger partial charge on any atom is 0.341 e. The first-order chi connectivity index (χ1) is 13.6. The van der Waals surface area contributed by atoms with E-state index in [0.29, 0.717) is 24.1 Å². The second kappa shape index (κ2) is 7.64. The maximum atomic E-state index is 13.0. The number of carbonyl (C=O) groups excluding carboxylic acids is 2. The fourth-order valence-corrected chi connectivity index (χ4v) is 3.86. The number of benzene rings is 2. The molecule has 1 aromatic heterocycles. The molecule has 0 saturated heterocycles. The van der Waals surface area contributed by atoms with Gasteiger partial charge in [-0.05, 0) is 49.2 Å². The normalized spacial score (nSPS) is 13.6. The fourth-order valence-electron chi connectivity index (χ4n) is 3.50. The van der Waals surface area contributed by atoms with Gasteiger partial charge >= 0.3 is 5.97 Å². The molecule has 3 aromatic rings. The molecule has 1 aliphatic rings. The summed E-state index contributed by atoms with van der Waals surface area (Å²) in [5.74, 6) is -0.583. The molecule has 0 radical (unpaired) electrons. The molecule has 6 heteroatoms. The molecule has 0 bridgehead atoms. The van der Waals surface area contributed by atoms with Crippen molar-refractivity contribution in [3.8, 4) is 0 Å². The van der Waals surface area contributed by atoms with Gasteiger partial charge in [0.25, 0.3) is 5.91 Å². The molecule has 2 heterocycles. The third-order valence-corrected chi connectivity index (χ3v) is 5.30. The SMILES string of the molecule is CCOC(=O)C1=CN(C(=O)c2ccccc2)CCc2c1[nH]c1ccc(Br)cc21. The van der Waals surface area contributed by atoms with Gasteiger partial charge in [-0.1, -0.05) is 34.1 Å². The van der Waals surface area contributed by atoms with Crippen LogP contribution < -0.4 is 0 Å². The minimum absolute atomic E-state index is 0.141. The number of nitrogens with one attached hydrogen (secondary N) is 1. The second-order valence-corrected chi connectivity index (χ2v) is 7.46. The van der Waals surface area contributed by atoms with Crippen molar-refractivity contribution in [2.75, 3.05) is 13.2 Å². The molecular formula is C22H19BrN2O3. The number of ether oxygens (including phenoxy) is 1. The fraction of sp³-hybridized carbons (Fsp3) is 0.182. The smallest absolute Gasteiger partial charge is 0.341 e. The topological polar surface area (TPSA) is 62.4 Å². The monoisotopic (exact) mass is 438 g/mol. The van der Waals surface area contributed by atoms with E-state index in [1.165, 1.54) is 0 Å². The van der Waals surface area contributed by atoms with Gasteiger partial charge in [0.1, 0.15) is 0 Å². The van der Waals surface area contributed by atoms with Crippen molar-refractivity contribution >= 4 is 44.3 Å². The number of halogens is 1. The number of fused-ring (bicyclic) bond motifs is 3. The lowest BCUT2D eigenvalue weighted by Gasteiger charge is -2.17. The van der Waals surface area contributed by atoms with Crippen molar-refractivity contribution in [3.05, 3.63) is 76.0 Å². The van der Waals surface area contributed by atoms with Gasteiger partial charge < -0.3 is 14.6 Å². The zero-order valence-electron chi connectivity index (χ0n) is 15.4. The van der Waals surface area contributed by atoms with Crippen LogP contribution in [0.25, 0.3) is 16.5 Å². The summed E-state index contributed by atoms with van der Waals surface area (Å²) < 4.78 is 6.24. The molecule has 0 unspecified atom stereocenters. The molecule has 1 N–H and O–H groups in total. The van der Waals surface area contributed by atoms with Crippen molar-refractivity contribution in [1.29, 1.82) is 0 Å². The Balaban J connectivity index is 1.82. The highest BCUT2D eigenvalue weighted by Gasteiger charge is 2.27. The van der Waals surface area contributed by atoms with E-state index in [0.717, 1.165) is 26.6 Å². The van der Waals surface area contributed by atoms with E-state index in [2.05, 4.69) is 20.9 Å². The van der Waals surface area contributed by atoms with Gasteiger partial charge in [0.15, 0.2) is 0 Å². The van der Waals surface area contributed by atoms with Crippen LogP contribution in [0.3, 0.4) is 0 Å². The minimum Gasteiger partial charge on any atom is -0.462 e. The van der Waals surface area contributed by atoms with Gasteiger partial charge in [-0.25, -0.2) is 4.79 Å². The molecule has 5 nitrogen and oxygen atoms in total. The number of carbonyl (C=O) groups is 2. The summed E-state index contributed by atoms with van der Waals surface area (Å²) >= 11 is 3.51. The van der Waals surface area contributed by atoms with Crippen LogP contribution >= 0.6 is 15.9 Å². The summed E-state index contributed by atoms with van der Waals surface area (Å²) in [7, 11) is 0. The van der Waals surface area contributed by atoms with Crippen LogP contribution in [0.1, 0.15) is 28.5 Å². The highest BCUT2D eigenvalue weighted by Crippen LogP contribution is 2.33. The molecule has 1 aliphatic heterocycles. The minimum atomic E-state index is -0.442. The van der Waals surface area contributed by atoms with Crippen molar-refractivity contribution in [1.82, 2.24) is 9.88 Å². The number of hydrogen-bond donors (Lipinski definition) is 1. The zero-order chi connectivity index (χ0) is 19.7. The molecule has 2 aromatic carbocycles. The molecule has 28 heavy (non-hydrogen) atoms. The highest BCUT2D eigenvalue weighted by molar-refractivity contribution is 9.10. The van der Waals surface area contributed by atoms with E-state index in [-0.39, 0.29) is 12.5 Å². The number of aromatic nitrogens is 1. The van der Waals surface area contributed by atoms with Gasteiger partial charge in [0.05, 0.1) is 17.9 Å². The van der Waals surface area contributed by atoms with Crippen LogP contribution in [0, 0.1) is 0 Å². The van der Waals surface area contributed by atoms with Gasteiger partial charge in [-0.3, -0.25) is 4.79 Å². The molecule has 0 atom stereocenters. The van der Waals surface area contributed by atoms with Gasteiger partial charge in [0, 0.05) is 33.7 Å². The van der Waals surface area contributed by atoms with Crippen LogP contribution in [0.15, 0.2) is 59.2 Å². The van der Waals surface area contributed by atoms with E-state index < -0.39 is 5.97 Å². The molecule has 4 rings (SSSR count). The first kappa shape index (κ1) is 18.5. The number of esters is 1. The zero-order valence-corrected chi connectivity index (χ0v) is 17.0. The Morgan fingerprint density at radius 2 is 1.96 bits per heavy atom. The first-order valence-corrected chi connectivity index (χ1v) is 9.93. The third-order valence-electron chi connectivity index (χ3n) is 4.80. The van der Waals surface area contributed by atoms with Crippen molar-refractivity contribution in [2.45, 2.75) is 13.3 Å². The molecule has 0 fully saturated rings. The molecule has 0 spiro atoms. The number of nitrogens with zero attached hydrogens (tertiary/aromatic N) is 1. The Labute approximate surface area is 171 Å². The van der Waals surface area contributed by atoms with Crippen molar-refractivity contribution < 1.29 is 14.3 Å². The first-order valence-electron chi connectivity index (χ1n) is 9.14. The largest absolute Gasteiger partial charge is 0.462 e. The molecule has 0 saturated carbocycles. The Hall–Kier alpha value is -2.86. The standard InChI is InChI=1S/C22H19BrN2O3/c1-2-28-22(27)18-13-25(21(26)14-6-4-3-5-7-14)11-10-16-17-12-15(23)8-9-19(17)24-20(16)18/h3-9,12-13,24H,2,10-11H2,1H3. The second-order valence-electron chi connectivity index (χ2n) is 6.55. The lowest BCUT2D eigenvalue weighted by atomic mass is 10.0. The average Bonchev–Trinajstić information content (AvgIpc) is 2.94. The van der Waals surface area contributed by atoms with E-state index in [1.54, 1.807) is 30.2 Å². The average molecular weight is 439 g/mol. The number of hydrogen-bond acceptors (Lipinski definition) is 3. The van der Waals surface area contributed by atoms with Gasteiger partial charge in [-0.2, -0.15) is 0 Å². The van der Waals surface area contributed by atoms with Crippen LogP contribution in [-0.2, 0) is 16.0 Å². The van der Waals surface area contributed by atoms with Gasteiger partial charge in [-0.15, -0.1) is 0 Å². The number of rotatable bonds is 3. The summed E-state index contributed by atoms with van der Waals surface area (Å²) in [6.07, 6.45) is 2.24. The van der Waals surface area contributed by atoms with E-state index in [1.807, 2.05) is 36.4 Å². The third kappa shape index (κ3) is 3.36. The quantitative estimate of drug-likeness (QED) is 0.610. The molecule has 142 valence electrons. The summed E-state index contributed by atoms with van der Waals surface area (Å²) in [6, 6.07) is 15.0. The van der Waals surface area contributed by atoms with Crippen LogP contribution in [0.4, 0.5) is 0 Å². The Bertz CT molecular complexity index is 1090. The predicted molar refractivity (Wildman–Crippen MR) is 112 cm³/mol. The van der Waals surface area contributed by atoms with Crippen LogP contribution in [0.2, 0.25) is 0 Å². The van der Waals surface area contributed by atoms with E-state index in [4.69, 9.17) is 4.74 Å². The van der Waals surface area contributed by atoms with Crippen LogP contribution in [-0.4, -0.2) is 34.9 Å². The Morgan fingerprint density at radius 1 is 1.18 bits per heavy atom. The summed E-state index contributed by atoms with van der Waals surface area (Å²) in [6.45, 7) is 2.51. The Morgan fingerprint density at radius 3 is 2.71 bits per heavy atom. The predicted octanol–water partition coefficient (Wildman–Crippen LogP) is 4.53. The number of aromatic amines is 1. The van der Waals surface area contributed by atoms with E-state index in [9.17, 15) is 9.59 Å². The lowest BCUT2D eigenvalue weighted by molar-refractivity contribution is -0.136. The summed E-state index contributed by atoms with van der Waals surface area (Å²) in [4.78, 5) is 30.6. The number of amides is 1. The van der Waals surface area contributed by atoms with Crippen molar-refractivity contribution in [2.24, 2.45) is 0 Å². The molecule has 1 amide bonds. The maximum absolute atomic E-state index is 13.0. The number of H-pyrrole nitrogens is 1. The molecule has 0 aliphatic carbocycles. The molecular weight excluding hydrogens is 420 g/mol. The van der Waals surface area contributed by atoms with E-state index >= 15 is 0 Å². The van der Waals surface area contributed by atoms with Gasteiger partial charge in [0.2, 0.25) is 0 Å². The Kier molecular flexibility index (Phi) is 5.05. The lowest BCUT2D eigenvalue weighted by Crippen LogP contribution is -2.28. The van der Waals surface area contributed by atoms with Crippen molar-refractivity contribution in [3.63, 3.8) is 0 Å². The highest BCUT2D eigenvalue weighted by atomic mass is 79.9. The summed E-state index contributed by atoms with van der Waals surface area (Å²) in [5.41, 5.74) is 3.63. The summed E-state index contributed by atoms with van der Waals surface area (Å²) in [5, 5.41) is 1.04.